The number of nitrogens with one attached hydrogen (secondary N) is 1. The second-order valence-electron chi connectivity index (χ2n) is 6.93. The normalized spacial score (nSPS) is 14.0. The van der Waals surface area contributed by atoms with Gasteiger partial charge >= 0.3 is 0 Å². The molecule has 0 unspecified atom stereocenters. The number of benzene rings is 2. The Morgan fingerprint density at radius 3 is 2.80 bits per heavy atom. The van der Waals surface area contributed by atoms with E-state index < -0.39 is 0 Å². The topological polar surface area (TPSA) is 71.3 Å². The SMILES string of the molecule is O=C(CSc1nnc(-c2cccc(F)c2)o1)Nc1cc(Cl)ccc1N1CCCCC1. The van der Waals surface area contributed by atoms with E-state index in [2.05, 4.69) is 20.4 Å². The van der Waals surface area contributed by atoms with Crippen LogP contribution in [0.25, 0.3) is 11.5 Å². The highest BCUT2D eigenvalue weighted by Crippen LogP contribution is 2.31. The number of nitrogens with zero attached hydrogens (tertiary/aromatic N) is 3. The highest BCUT2D eigenvalue weighted by atomic mass is 35.5. The van der Waals surface area contributed by atoms with Gasteiger partial charge in [0.25, 0.3) is 5.22 Å². The van der Waals surface area contributed by atoms with Gasteiger partial charge in [-0.05, 0) is 55.7 Å². The number of thioether (sulfide) groups is 1. The molecule has 0 radical (unpaired) electrons. The molecule has 1 aliphatic rings. The van der Waals surface area contributed by atoms with E-state index in [0.717, 1.165) is 43.4 Å². The maximum atomic E-state index is 13.4. The van der Waals surface area contributed by atoms with Gasteiger partial charge in [-0.1, -0.05) is 29.4 Å². The number of hydrogen-bond acceptors (Lipinski definition) is 6. The summed E-state index contributed by atoms with van der Waals surface area (Å²) < 4.78 is 18.9. The lowest BCUT2D eigenvalue weighted by atomic mass is 10.1. The Labute approximate surface area is 182 Å². The maximum Gasteiger partial charge on any atom is 0.277 e. The standard InChI is InChI=1S/C21H20ClFN4O2S/c22-15-7-8-18(27-9-2-1-3-10-27)17(12-15)24-19(28)13-30-21-26-25-20(29-21)14-5-4-6-16(23)11-14/h4-8,11-12H,1-3,9-10,13H2,(H,24,28). The summed E-state index contributed by atoms with van der Waals surface area (Å²) in [5, 5.41) is 11.6. The third kappa shape index (κ3) is 5.12. The van der Waals surface area contributed by atoms with Crippen LogP contribution in [0.3, 0.4) is 0 Å². The minimum atomic E-state index is -0.384. The van der Waals surface area contributed by atoms with E-state index in [-0.39, 0.29) is 28.6 Å². The number of amides is 1. The Balaban J connectivity index is 1.39. The van der Waals surface area contributed by atoms with Crippen LogP contribution in [0, 0.1) is 5.82 Å². The molecular weight excluding hydrogens is 427 g/mol. The van der Waals surface area contributed by atoms with Gasteiger partial charge in [0.2, 0.25) is 11.8 Å². The zero-order valence-electron chi connectivity index (χ0n) is 16.1. The molecule has 1 saturated heterocycles. The van der Waals surface area contributed by atoms with E-state index in [9.17, 15) is 9.18 Å². The molecule has 2 heterocycles. The molecule has 30 heavy (non-hydrogen) atoms. The number of carbonyl (C=O) groups is 1. The molecule has 6 nitrogen and oxygen atoms in total. The fourth-order valence-corrected chi connectivity index (χ4v) is 4.07. The van der Waals surface area contributed by atoms with Crippen LogP contribution in [-0.4, -0.2) is 34.9 Å². The zero-order valence-corrected chi connectivity index (χ0v) is 17.7. The molecular formula is C21H20ClFN4O2S. The summed E-state index contributed by atoms with van der Waals surface area (Å²) in [6.07, 6.45) is 3.50. The number of halogens is 2. The van der Waals surface area contributed by atoms with Crippen molar-refractivity contribution in [2.45, 2.75) is 24.5 Å². The minimum Gasteiger partial charge on any atom is -0.411 e. The van der Waals surface area contributed by atoms with Gasteiger partial charge < -0.3 is 14.6 Å². The van der Waals surface area contributed by atoms with Crippen LogP contribution in [0.4, 0.5) is 15.8 Å². The summed E-state index contributed by atoms with van der Waals surface area (Å²) in [7, 11) is 0. The van der Waals surface area contributed by atoms with Crippen LogP contribution >= 0.6 is 23.4 Å². The van der Waals surface area contributed by atoms with Gasteiger partial charge in [-0.25, -0.2) is 4.39 Å². The Morgan fingerprint density at radius 2 is 2.00 bits per heavy atom. The average molecular weight is 447 g/mol. The third-order valence-corrected chi connectivity index (χ3v) is 5.79. The molecule has 0 bridgehead atoms. The highest BCUT2D eigenvalue weighted by Gasteiger charge is 2.17. The van der Waals surface area contributed by atoms with E-state index >= 15 is 0 Å². The lowest BCUT2D eigenvalue weighted by Crippen LogP contribution is -2.30. The van der Waals surface area contributed by atoms with E-state index in [4.69, 9.17) is 16.0 Å². The molecule has 3 aromatic rings. The van der Waals surface area contributed by atoms with Gasteiger partial charge in [-0.15, -0.1) is 10.2 Å². The quantitative estimate of drug-likeness (QED) is 0.521. The summed E-state index contributed by atoms with van der Waals surface area (Å²) in [4.78, 5) is 14.8. The maximum absolute atomic E-state index is 13.4. The van der Waals surface area contributed by atoms with Crippen molar-refractivity contribution in [1.82, 2.24) is 10.2 Å². The Kier molecular flexibility index (Phi) is 6.54. The Bertz CT molecular complexity index is 1040. The molecule has 1 N–H and O–H groups in total. The second kappa shape index (κ2) is 9.49. The molecule has 2 aromatic carbocycles. The van der Waals surface area contributed by atoms with Gasteiger partial charge in [0.05, 0.1) is 17.1 Å². The fraction of sp³-hybridized carbons (Fsp3) is 0.286. The molecule has 9 heteroatoms. The number of anilines is 2. The van der Waals surface area contributed by atoms with Gasteiger partial charge in [-0.2, -0.15) is 0 Å². The van der Waals surface area contributed by atoms with Crippen LogP contribution in [0.1, 0.15) is 19.3 Å². The molecule has 156 valence electrons. The van der Waals surface area contributed by atoms with Crippen LogP contribution in [0.15, 0.2) is 52.1 Å². The van der Waals surface area contributed by atoms with E-state index in [0.29, 0.717) is 16.3 Å². The van der Waals surface area contributed by atoms with Crippen molar-refractivity contribution in [3.05, 3.63) is 53.3 Å². The fourth-order valence-electron chi connectivity index (χ4n) is 3.34. The number of carbonyl (C=O) groups excluding carboxylic acids is 1. The van der Waals surface area contributed by atoms with E-state index in [1.54, 1.807) is 18.2 Å². The third-order valence-electron chi connectivity index (χ3n) is 4.73. The summed E-state index contributed by atoms with van der Waals surface area (Å²) in [6, 6.07) is 11.5. The second-order valence-corrected chi connectivity index (χ2v) is 8.29. The first-order valence-corrected chi connectivity index (χ1v) is 11.0. The van der Waals surface area contributed by atoms with Crippen molar-refractivity contribution in [2.24, 2.45) is 0 Å². The highest BCUT2D eigenvalue weighted by molar-refractivity contribution is 7.99. The lowest BCUT2D eigenvalue weighted by molar-refractivity contribution is -0.113. The van der Waals surface area contributed by atoms with Crippen LogP contribution in [0.5, 0.6) is 0 Å². The summed E-state index contributed by atoms with van der Waals surface area (Å²) in [5.41, 5.74) is 2.16. The monoisotopic (exact) mass is 446 g/mol. The lowest BCUT2D eigenvalue weighted by Gasteiger charge is -2.30. The molecule has 0 saturated carbocycles. The van der Waals surface area contributed by atoms with Crippen molar-refractivity contribution >= 4 is 40.6 Å². The number of aromatic nitrogens is 2. The van der Waals surface area contributed by atoms with Crippen LogP contribution in [0.2, 0.25) is 5.02 Å². The number of piperidine rings is 1. The zero-order chi connectivity index (χ0) is 20.9. The molecule has 4 rings (SSSR count). The van der Waals surface area contributed by atoms with E-state index in [1.807, 2.05) is 12.1 Å². The minimum absolute atomic E-state index is 0.0940. The average Bonchev–Trinajstić information content (AvgIpc) is 3.22. The molecule has 1 amide bonds. The van der Waals surface area contributed by atoms with Crippen LogP contribution < -0.4 is 10.2 Å². The van der Waals surface area contributed by atoms with Gasteiger partial charge in [-0.3, -0.25) is 4.79 Å². The first-order chi connectivity index (χ1) is 14.6. The molecule has 0 atom stereocenters. The van der Waals surface area contributed by atoms with E-state index in [1.165, 1.54) is 18.6 Å². The molecule has 0 spiro atoms. The van der Waals surface area contributed by atoms with Crippen molar-refractivity contribution in [2.75, 3.05) is 29.1 Å². The predicted octanol–water partition coefficient (Wildman–Crippen LogP) is 5.25. The number of rotatable bonds is 6. The smallest absolute Gasteiger partial charge is 0.277 e. The van der Waals surface area contributed by atoms with Gasteiger partial charge in [0.15, 0.2) is 0 Å². The van der Waals surface area contributed by atoms with Crippen molar-refractivity contribution in [1.29, 1.82) is 0 Å². The molecule has 1 aromatic heterocycles. The Hall–Kier alpha value is -2.58. The van der Waals surface area contributed by atoms with Crippen LogP contribution in [-0.2, 0) is 4.79 Å². The van der Waals surface area contributed by atoms with Gasteiger partial charge in [0.1, 0.15) is 5.82 Å². The molecule has 0 aliphatic carbocycles. The van der Waals surface area contributed by atoms with Crippen molar-refractivity contribution in [3.8, 4) is 11.5 Å². The molecule has 1 fully saturated rings. The first kappa shape index (κ1) is 20.7. The summed E-state index contributed by atoms with van der Waals surface area (Å²) in [6.45, 7) is 1.92. The predicted molar refractivity (Wildman–Crippen MR) is 117 cm³/mol. The summed E-state index contributed by atoms with van der Waals surface area (Å²) in [5.74, 6) is -0.285. The van der Waals surface area contributed by atoms with Gasteiger partial charge in [0, 0.05) is 23.7 Å². The molecule has 1 aliphatic heterocycles. The van der Waals surface area contributed by atoms with Crippen molar-refractivity contribution < 1.29 is 13.6 Å². The first-order valence-electron chi connectivity index (χ1n) is 9.65. The number of hydrogen-bond donors (Lipinski definition) is 1. The Morgan fingerprint density at radius 1 is 1.17 bits per heavy atom. The largest absolute Gasteiger partial charge is 0.411 e. The van der Waals surface area contributed by atoms with Crippen molar-refractivity contribution in [3.63, 3.8) is 0 Å². The summed E-state index contributed by atoms with van der Waals surface area (Å²) >= 11 is 7.27.